The molecule has 0 amide bonds. The molecule has 0 aromatic heterocycles. The minimum absolute atomic E-state index is 0.134. The largest absolute Gasteiger partial charge is 0.464 e. The second-order valence-corrected chi connectivity index (χ2v) is 5.31. The third kappa shape index (κ3) is 3.28. The Kier molecular flexibility index (Phi) is 4.95. The van der Waals surface area contributed by atoms with Crippen LogP contribution in [0.3, 0.4) is 0 Å². The van der Waals surface area contributed by atoms with Crippen LogP contribution in [0.25, 0.3) is 0 Å². The van der Waals surface area contributed by atoms with Crippen molar-refractivity contribution < 1.29 is 9.53 Å². The molecule has 2 rings (SSSR count). The number of ether oxygens (including phenoxy) is 1. The molecule has 5 heteroatoms. The van der Waals surface area contributed by atoms with Gasteiger partial charge in [0.05, 0.1) is 6.61 Å². The first kappa shape index (κ1) is 14.8. The Morgan fingerprint density at radius 1 is 1.40 bits per heavy atom. The van der Waals surface area contributed by atoms with Gasteiger partial charge in [0.2, 0.25) is 0 Å². The van der Waals surface area contributed by atoms with Crippen LogP contribution in [0.5, 0.6) is 0 Å². The number of carbonyl (C=O) groups is 1. The smallest absolute Gasteiger partial charge is 0.328 e. The van der Waals surface area contributed by atoms with E-state index in [2.05, 4.69) is 4.90 Å². The van der Waals surface area contributed by atoms with Gasteiger partial charge in [0, 0.05) is 17.8 Å². The lowest BCUT2D eigenvalue weighted by Crippen LogP contribution is -2.45. The molecule has 4 nitrogen and oxygen atoms in total. The predicted octanol–water partition coefficient (Wildman–Crippen LogP) is 2.24. The van der Waals surface area contributed by atoms with Gasteiger partial charge in [-0.3, -0.25) is 0 Å². The molecule has 0 bridgehead atoms. The Hall–Kier alpha value is -1.62. The number of esters is 1. The van der Waals surface area contributed by atoms with Crippen molar-refractivity contribution in [2.24, 2.45) is 5.73 Å². The zero-order chi connectivity index (χ0) is 14.5. The highest BCUT2D eigenvalue weighted by Gasteiger charge is 2.29. The Bertz CT molecular complexity index is 487. The number of hydrogen-bond donors (Lipinski definition) is 1. The fraction of sp³-hybridized carbons (Fsp3) is 0.467. The van der Waals surface area contributed by atoms with Crippen molar-refractivity contribution in [2.75, 3.05) is 18.1 Å². The molecule has 1 saturated heterocycles. The van der Waals surface area contributed by atoms with Crippen LogP contribution in [0.1, 0.15) is 31.7 Å². The monoisotopic (exact) mass is 292 g/mol. The van der Waals surface area contributed by atoms with E-state index in [1.807, 2.05) is 31.2 Å². The number of piperidine rings is 1. The Labute approximate surface area is 124 Å². The predicted molar refractivity (Wildman–Crippen MR) is 83.9 cm³/mol. The van der Waals surface area contributed by atoms with Crippen molar-refractivity contribution in [2.45, 2.75) is 32.2 Å². The zero-order valence-electron chi connectivity index (χ0n) is 11.7. The molecule has 0 saturated carbocycles. The van der Waals surface area contributed by atoms with Gasteiger partial charge < -0.3 is 15.4 Å². The molecule has 1 fully saturated rings. The highest BCUT2D eigenvalue weighted by atomic mass is 32.1. The Balaban J connectivity index is 2.18. The van der Waals surface area contributed by atoms with E-state index in [0.717, 1.165) is 37.1 Å². The van der Waals surface area contributed by atoms with Gasteiger partial charge in [-0.1, -0.05) is 12.2 Å². The maximum Gasteiger partial charge on any atom is 0.328 e. The minimum atomic E-state index is -0.181. The van der Waals surface area contributed by atoms with E-state index in [1.165, 1.54) is 0 Å². The summed E-state index contributed by atoms with van der Waals surface area (Å²) in [6.45, 7) is 3.13. The molecule has 0 radical (unpaired) electrons. The number of nitrogens with two attached hydrogens (primary N) is 1. The number of benzene rings is 1. The first-order valence-electron chi connectivity index (χ1n) is 6.96. The van der Waals surface area contributed by atoms with Crippen molar-refractivity contribution in [3.8, 4) is 0 Å². The molecular formula is C15H20N2O2S. The van der Waals surface area contributed by atoms with E-state index < -0.39 is 0 Å². The van der Waals surface area contributed by atoms with Gasteiger partial charge >= 0.3 is 5.97 Å². The highest BCUT2D eigenvalue weighted by Crippen LogP contribution is 2.26. The van der Waals surface area contributed by atoms with Crippen LogP contribution in [0.4, 0.5) is 5.69 Å². The summed E-state index contributed by atoms with van der Waals surface area (Å²) < 4.78 is 5.17. The fourth-order valence-corrected chi connectivity index (χ4v) is 2.68. The van der Waals surface area contributed by atoms with E-state index in [0.29, 0.717) is 11.6 Å². The van der Waals surface area contributed by atoms with Crippen LogP contribution >= 0.6 is 12.2 Å². The summed E-state index contributed by atoms with van der Waals surface area (Å²) in [6.07, 6.45) is 2.99. The quantitative estimate of drug-likeness (QED) is 0.681. The Morgan fingerprint density at radius 2 is 2.10 bits per heavy atom. The SMILES string of the molecule is CCOC(=O)C1CCCCN1c1ccc(C(N)=S)cc1. The summed E-state index contributed by atoms with van der Waals surface area (Å²) in [5.41, 5.74) is 7.46. The summed E-state index contributed by atoms with van der Waals surface area (Å²) in [5, 5.41) is 0. The van der Waals surface area contributed by atoms with E-state index in [9.17, 15) is 4.79 Å². The fourth-order valence-electron chi connectivity index (χ4n) is 2.54. The van der Waals surface area contributed by atoms with Crippen LogP contribution in [0, 0.1) is 0 Å². The van der Waals surface area contributed by atoms with E-state index in [4.69, 9.17) is 22.7 Å². The summed E-state index contributed by atoms with van der Waals surface area (Å²) in [5.74, 6) is -0.134. The molecule has 1 aliphatic heterocycles. The molecule has 1 unspecified atom stereocenters. The Morgan fingerprint density at radius 3 is 2.70 bits per heavy atom. The van der Waals surface area contributed by atoms with Gasteiger partial charge in [-0.15, -0.1) is 0 Å². The number of carbonyl (C=O) groups excluding carboxylic acids is 1. The molecular weight excluding hydrogens is 272 g/mol. The second-order valence-electron chi connectivity index (χ2n) is 4.87. The van der Waals surface area contributed by atoms with E-state index in [1.54, 1.807) is 0 Å². The summed E-state index contributed by atoms with van der Waals surface area (Å²) >= 11 is 4.95. The minimum Gasteiger partial charge on any atom is -0.464 e. The molecule has 1 aromatic carbocycles. The molecule has 108 valence electrons. The van der Waals surface area contributed by atoms with Crippen LogP contribution in [0.15, 0.2) is 24.3 Å². The second kappa shape index (κ2) is 6.70. The molecule has 1 aliphatic rings. The third-order valence-electron chi connectivity index (χ3n) is 3.54. The van der Waals surface area contributed by atoms with Crippen molar-refractivity contribution in [3.63, 3.8) is 0 Å². The van der Waals surface area contributed by atoms with Crippen LogP contribution in [-0.4, -0.2) is 30.2 Å². The van der Waals surface area contributed by atoms with Crippen LogP contribution in [0.2, 0.25) is 0 Å². The van der Waals surface area contributed by atoms with Gasteiger partial charge in [0.1, 0.15) is 11.0 Å². The maximum absolute atomic E-state index is 12.1. The number of nitrogens with zero attached hydrogens (tertiary/aromatic N) is 1. The number of hydrogen-bond acceptors (Lipinski definition) is 4. The lowest BCUT2D eigenvalue weighted by molar-refractivity contribution is -0.145. The molecule has 1 heterocycles. The summed E-state index contributed by atoms with van der Waals surface area (Å²) in [7, 11) is 0. The molecule has 0 spiro atoms. The highest BCUT2D eigenvalue weighted by molar-refractivity contribution is 7.80. The van der Waals surface area contributed by atoms with E-state index in [-0.39, 0.29) is 12.0 Å². The maximum atomic E-state index is 12.1. The third-order valence-corrected chi connectivity index (χ3v) is 3.78. The summed E-state index contributed by atoms with van der Waals surface area (Å²) in [4.78, 5) is 14.6. The van der Waals surface area contributed by atoms with Gasteiger partial charge in [-0.05, 0) is 50.5 Å². The van der Waals surface area contributed by atoms with Crippen molar-refractivity contribution in [3.05, 3.63) is 29.8 Å². The van der Waals surface area contributed by atoms with E-state index >= 15 is 0 Å². The lowest BCUT2D eigenvalue weighted by Gasteiger charge is -2.35. The number of rotatable bonds is 4. The van der Waals surface area contributed by atoms with Crippen LogP contribution in [-0.2, 0) is 9.53 Å². The average molecular weight is 292 g/mol. The van der Waals surface area contributed by atoms with Crippen LogP contribution < -0.4 is 10.6 Å². The molecule has 20 heavy (non-hydrogen) atoms. The van der Waals surface area contributed by atoms with Crippen molar-refractivity contribution in [1.82, 2.24) is 0 Å². The topological polar surface area (TPSA) is 55.6 Å². The average Bonchev–Trinajstić information content (AvgIpc) is 2.47. The molecule has 1 atom stereocenters. The molecule has 1 aromatic rings. The zero-order valence-corrected chi connectivity index (χ0v) is 12.5. The first-order chi connectivity index (χ1) is 9.63. The standard InChI is InChI=1S/C15H20N2O2S/c1-2-19-15(18)13-5-3-4-10-17(13)12-8-6-11(7-9-12)14(16)20/h6-9,13H,2-5,10H2,1H3,(H2,16,20). The normalized spacial score (nSPS) is 18.6. The summed E-state index contributed by atoms with van der Waals surface area (Å²) in [6, 6.07) is 7.54. The van der Waals surface area contributed by atoms with Crippen molar-refractivity contribution >= 4 is 28.9 Å². The van der Waals surface area contributed by atoms with Crippen molar-refractivity contribution in [1.29, 1.82) is 0 Å². The van der Waals surface area contributed by atoms with Gasteiger partial charge in [-0.25, -0.2) is 4.79 Å². The molecule has 0 aliphatic carbocycles. The van der Waals surface area contributed by atoms with Gasteiger partial charge in [0.25, 0.3) is 0 Å². The molecule has 2 N–H and O–H groups in total. The lowest BCUT2D eigenvalue weighted by atomic mass is 10.0. The van der Waals surface area contributed by atoms with Gasteiger partial charge in [0.15, 0.2) is 0 Å². The number of thiocarbonyl (C=S) groups is 1. The number of anilines is 1. The first-order valence-corrected chi connectivity index (χ1v) is 7.37. The van der Waals surface area contributed by atoms with Gasteiger partial charge in [-0.2, -0.15) is 0 Å².